The van der Waals surface area contributed by atoms with Crippen LogP contribution in [0.15, 0.2) is 4.79 Å². The van der Waals surface area contributed by atoms with Crippen molar-refractivity contribution in [3.05, 3.63) is 16.3 Å². The van der Waals surface area contributed by atoms with Crippen LogP contribution in [0.1, 0.15) is 25.6 Å². The summed E-state index contributed by atoms with van der Waals surface area (Å²) in [6.45, 7) is 5.07. The van der Waals surface area contributed by atoms with Gasteiger partial charge in [-0.3, -0.25) is 9.78 Å². The molecule has 0 radical (unpaired) electrons. The number of H-pyrrole nitrogens is 2. The molecule has 1 atom stereocenters. The van der Waals surface area contributed by atoms with Gasteiger partial charge in [-0.25, -0.2) is 9.89 Å². The summed E-state index contributed by atoms with van der Waals surface area (Å²) >= 11 is 0. The Labute approximate surface area is 111 Å². The fourth-order valence-corrected chi connectivity index (χ4v) is 2.23. The van der Waals surface area contributed by atoms with E-state index in [9.17, 15) is 9.59 Å². The third-order valence-electron chi connectivity index (χ3n) is 3.21. The van der Waals surface area contributed by atoms with Gasteiger partial charge < -0.3 is 9.64 Å². The number of hydrogen-bond acceptors (Lipinski definition) is 4. The summed E-state index contributed by atoms with van der Waals surface area (Å²) in [5, 5.41) is 6.00. The van der Waals surface area contributed by atoms with Gasteiger partial charge in [-0.05, 0) is 12.8 Å². The van der Waals surface area contributed by atoms with E-state index in [0.29, 0.717) is 11.7 Å². The monoisotopic (exact) mass is 268 g/mol. The van der Waals surface area contributed by atoms with Crippen molar-refractivity contribution in [3.63, 3.8) is 0 Å². The topological polar surface area (TPSA) is 91.1 Å². The molecule has 106 valence electrons. The van der Waals surface area contributed by atoms with Gasteiger partial charge in [-0.15, -0.1) is 0 Å². The SMILES string of the molecule is CCCOC[C@H]1CCN(C(=O)Cc2n[nH]c(=O)[nH]2)C1. The van der Waals surface area contributed by atoms with Crippen LogP contribution in [0.4, 0.5) is 0 Å². The molecule has 2 rings (SSSR count). The number of amides is 1. The molecule has 1 amide bonds. The number of aromatic nitrogens is 3. The minimum Gasteiger partial charge on any atom is -0.381 e. The summed E-state index contributed by atoms with van der Waals surface area (Å²) in [6, 6.07) is 0. The predicted octanol–water partition coefficient (Wildman–Crippen LogP) is -0.0844. The van der Waals surface area contributed by atoms with Crippen LogP contribution in [0.5, 0.6) is 0 Å². The summed E-state index contributed by atoms with van der Waals surface area (Å²) < 4.78 is 5.51. The van der Waals surface area contributed by atoms with E-state index in [4.69, 9.17) is 4.74 Å². The van der Waals surface area contributed by atoms with Crippen LogP contribution in [0.25, 0.3) is 0 Å². The highest BCUT2D eigenvalue weighted by molar-refractivity contribution is 5.78. The lowest BCUT2D eigenvalue weighted by Crippen LogP contribution is -2.31. The molecule has 7 heteroatoms. The number of nitrogens with one attached hydrogen (secondary N) is 2. The molecule has 0 unspecified atom stereocenters. The lowest BCUT2D eigenvalue weighted by atomic mass is 10.1. The van der Waals surface area contributed by atoms with Crippen LogP contribution >= 0.6 is 0 Å². The second-order valence-corrected chi connectivity index (χ2v) is 4.87. The van der Waals surface area contributed by atoms with Crippen molar-refractivity contribution >= 4 is 5.91 Å². The Morgan fingerprint density at radius 3 is 3.11 bits per heavy atom. The average Bonchev–Trinajstić information content (AvgIpc) is 2.99. The molecule has 0 saturated carbocycles. The van der Waals surface area contributed by atoms with Crippen molar-refractivity contribution in [2.45, 2.75) is 26.2 Å². The molecule has 1 fully saturated rings. The van der Waals surface area contributed by atoms with E-state index in [1.807, 2.05) is 4.90 Å². The molecule has 19 heavy (non-hydrogen) atoms. The minimum atomic E-state index is -0.380. The molecule has 0 spiro atoms. The highest BCUT2D eigenvalue weighted by atomic mass is 16.5. The quantitative estimate of drug-likeness (QED) is 0.706. The van der Waals surface area contributed by atoms with Gasteiger partial charge in [0.15, 0.2) is 0 Å². The highest BCUT2D eigenvalue weighted by Crippen LogP contribution is 2.17. The average molecular weight is 268 g/mol. The van der Waals surface area contributed by atoms with E-state index >= 15 is 0 Å². The van der Waals surface area contributed by atoms with Crippen molar-refractivity contribution in [2.75, 3.05) is 26.3 Å². The minimum absolute atomic E-state index is 0.000687. The van der Waals surface area contributed by atoms with Gasteiger partial charge in [-0.1, -0.05) is 6.92 Å². The molecule has 1 aliphatic heterocycles. The second kappa shape index (κ2) is 6.51. The zero-order valence-corrected chi connectivity index (χ0v) is 11.1. The second-order valence-electron chi connectivity index (χ2n) is 4.87. The standard InChI is InChI=1S/C12H20N4O3/c1-2-5-19-8-9-3-4-16(7-9)11(17)6-10-13-12(18)15-14-10/h9H,2-8H2,1H3,(H2,13,14,15,18)/t9-/m0/s1. The summed E-state index contributed by atoms with van der Waals surface area (Å²) in [5.74, 6) is 0.815. The molecular formula is C12H20N4O3. The van der Waals surface area contributed by atoms with Crippen molar-refractivity contribution < 1.29 is 9.53 Å². The molecule has 1 aliphatic rings. The van der Waals surface area contributed by atoms with Crippen molar-refractivity contribution in [1.29, 1.82) is 0 Å². The van der Waals surface area contributed by atoms with E-state index < -0.39 is 0 Å². The van der Waals surface area contributed by atoms with E-state index in [0.717, 1.165) is 39.1 Å². The lowest BCUT2D eigenvalue weighted by Gasteiger charge is -2.15. The van der Waals surface area contributed by atoms with E-state index in [-0.39, 0.29) is 18.0 Å². The van der Waals surface area contributed by atoms with Gasteiger partial charge in [0.1, 0.15) is 5.82 Å². The van der Waals surface area contributed by atoms with Gasteiger partial charge in [0.25, 0.3) is 0 Å². The Morgan fingerprint density at radius 1 is 1.58 bits per heavy atom. The van der Waals surface area contributed by atoms with E-state index in [1.54, 1.807) is 0 Å². The fraction of sp³-hybridized carbons (Fsp3) is 0.750. The number of nitrogens with zero attached hydrogens (tertiary/aromatic N) is 2. The third-order valence-corrected chi connectivity index (χ3v) is 3.21. The van der Waals surface area contributed by atoms with Crippen LogP contribution in [0.2, 0.25) is 0 Å². The Morgan fingerprint density at radius 2 is 2.42 bits per heavy atom. The van der Waals surface area contributed by atoms with E-state index in [1.165, 1.54) is 0 Å². The number of carbonyl (C=O) groups is 1. The summed E-state index contributed by atoms with van der Waals surface area (Å²) in [7, 11) is 0. The van der Waals surface area contributed by atoms with Gasteiger partial charge in [0.2, 0.25) is 5.91 Å². The molecule has 7 nitrogen and oxygen atoms in total. The number of aromatic amines is 2. The molecule has 0 bridgehead atoms. The third kappa shape index (κ3) is 3.92. The van der Waals surface area contributed by atoms with Gasteiger partial charge in [0, 0.05) is 25.6 Å². The Bertz CT molecular complexity index is 468. The lowest BCUT2D eigenvalue weighted by molar-refractivity contribution is -0.129. The normalized spacial score (nSPS) is 19.0. The molecule has 2 heterocycles. The largest absolute Gasteiger partial charge is 0.381 e. The van der Waals surface area contributed by atoms with Gasteiger partial charge in [0.05, 0.1) is 13.0 Å². The van der Waals surface area contributed by atoms with Crippen LogP contribution in [0, 0.1) is 5.92 Å². The summed E-state index contributed by atoms with van der Waals surface area (Å²) in [4.78, 5) is 27.2. The number of hydrogen-bond donors (Lipinski definition) is 2. The highest BCUT2D eigenvalue weighted by Gasteiger charge is 2.26. The smallest absolute Gasteiger partial charge is 0.340 e. The Balaban J connectivity index is 1.77. The summed E-state index contributed by atoms with van der Waals surface area (Å²) in [5.41, 5.74) is -0.380. The maximum atomic E-state index is 12.0. The molecular weight excluding hydrogens is 248 g/mol. The molecule has 2 N–H and O–H groups in total. The Kier molecular flexibility index (Phi) is 4.73. The van der Waals surface area contributed by atoms with Crippen LogP contribution < -0.4 is 5.69 Å². The zero-order valence-electron chi connectivity index (χ0n) is 11.1. The summed E-state index contributed by atoms with van der Waals surface area (Å²) in [6.07, 6.45) is 2.13. The van der Waals surface area contributed by atoms with Crippen molar-refractivity contribution in [1.82, 2.24) is 20.1 Å². The number of carbonyl (C=O) groups excluding carboxylic acids is 1. The maximum absolute atomic E-state index is 12.0. The molecule has 1 aromatic heterocycles. The number of likely N-dealkylation sites (tertiary alicyclic amines) is 1. The molecule has 1 saturated heterocycles. The molecule has 0 aliphatic carbocycles. The number of rotatable bonds is 6. The first-order valence-electron chi connectivity index (χ1n) is 6.68. The molecule has 0 aromatic carbocycles. The van der Waals surface area contributed by atoms with Crippen molar-refractivity contribution in [2.24, 2.45) is 5.92 Å². The van der Waals surface area contributed by atoms with Gasteiger partial charge in [-0.2, -0.15) is 5.10 Å². The Hall–Kier alpha value is -1.63. The van der Waals surface area contributed by atoms with Crippen LogP contribution in [-0.4, -0.2) is 52.3 Å². The predicted molar refractivity (Wildman–Crippen MR) is 68.7 cm³/mol. The van der Waals surface area contributed by atoms with Crippen LogP contribution in [0.3, 0.4) is 0 Å². The molecule has 1 aromatic rings. The zero-order chi connectivity index (χ0) is 13.7. The van der Waals surface area contributed by atoms with Crippen molar-refractivity contribution in [3.8, 4) is 0 Å². The fourth-order valence-electron chi connectivity index (χ4n) is 2.23. The maximum Gasteiger partial charge on any atom is 0.340 e. The number of ether oxygens (including phenoxy) is 1. The van der Waals surface area contributed by atoms with E-state index in [2.05, 4.69) is 22.1 Å². The first-order valence-corrected chi connectivity index (χ1v) is 6.68. The van der Waals surface area contributed by atoms with Crippen LogP contribution in [-0.2, 0) is 16.0 Å². The first-order chi connectivity index (χ1) is 9.19. The first kappa shape index (κ1) is 13.8. The van der Waals surface area contributed by atoms with Gasteiger partial charge >= 0.3 is 5.69 Å².